The van der Waals surface area contributed by atoms with Crippen LogP contribution >= 0.6 is 0 Å². The summed E-state index contributed by atoms with van der Waals surface area (Å²) in [6, 6.07) is 0. The van der Waals surface area contributed by atoms with Crippen molar-refractivity contribution in [3.05, 3.63) is 11.4 Å². The van der Waals surface area contributed by atoms with Gasteiger partial charge in [-0.3, -0.25) is 4.68 Å². The minimum atomic E-state index is 0.361. The summed E-state index contributed by atoms with van der Waals surface area (Å²) in [6.45, 7) is 5.20. The molecule has 3 unspecified atom stereocenters. The van der Waals surface area contributed by atoms with Crippen molar-refractivity contribution in [3.63, 3.8) is 0 Å². The van der Waals surface area contributed by atoms with Crippen LogP contribution in [-0.4, -0.2) is 27.7 Å². The van der Waals surface area contributed by atoms with Gasteiger partial charge < -0.3 is 4.74 Å². The molecule has 1 aromatic heterocycles. The summed E-state index contributed by atoms with van der Waals surface area (Å²) in [5, 5.41) is 8.43. The molecule has 4 heteroatoms. The molecule has 0 N–H and O–H groups in total. The molecule has 3 rings (SSSR count). The van der Waals surface area contributed by atoms with Crippen LogP contribution < -0.4 is 0 Å². The number of fused-ring (bicyclic) bond motifs is 2. The fourth-order valence-corrected chi connectivity index (χ4v) is 3.46. The fourth-order valence-electron chi connectivity index (χ4n) is 3.46. The second-order valence-corrected chi connectivity index (χ2v) is 6.06. The van der Waals surface area contributed by atoms with Gasteiger partial charge >= 0.3 is 0 Å². The van der Waals surface area contributed by atoms with Crippen molar-refractivity contribution in [2.45, 2.75) is 45.6 Å². The van der Waals surface area contributed by atoms with Crippen LogP contribution in [0.3, 0.4) is 0 Å². The van der Waals surface area contributed by atoms with Crippen molar-refractivity contribution in [3.8, 4) is 0 Å². The highest BCUT2D eigenvalue weighted by Gasteiger charge is 2.49. The lowest BCUT2D eigenvalue weighted by Crippen LogP contribution is -2.06. The van der Waals surface area contributed by atoms with E-state index in [4.69, 9.17) is 4.74 Å². The summed E-state index contributed by atoms with van der Waals surface area (Å²) >= 11 is 0. The van der Waals surface area contributed by atoms with Crippen molar-refractivity contribution >= 4 is 0 Å². The molecule has 100 valence electrons. The number of ether oxygens (including phenoxy) is 1. The molecule has 0 saturated heterocycles. The van der Waals surface area contributed by atoms with Gasteiger partial charge in [0.05, 0.1) is 24.1 Å². The third-order valence-corrected chi connectivity index (χ3v) is 4.58. The number of hydrogen-bond donors (Lipinski definition) is 0. The Morgan fingerprint density at radius 1 is 1.28 bits per heavy atom. The molecule has 0 aromatic carbocycles. The minimum absolute atomic E-state index is 0.361. The molecule has 4 nitrogen and oxygen atoms in total. The minimum Gasteiger partial charge on any atom is -0.378 e. The first-order chi connectivity index (χ1) is 8.66. The standard InChI is InChI=1S/C14H23N3O/c1-9(2)18-8-12-10-4-6-13-14(7-5-11(10)12)17(3)16-15-13/h9-12H,4-8H2,1-3H3. The Labute approximate surface area is 109 Å². The Kier molecular flexibility index (Phi) is 3.14. The van der Waals surface area contributed by atoms with Crippen LogP contribution in [0.5, 0.6) is 0 Å². The van der Waals surface area contributed by atoms with E-state index < -0.39 is 0 Å². The largest absolute Gasteiger partial charge is 0.378 e. The van der Waals surface area contributed by atoms with E-state index in [9.17, 15) is 0 Å². The van der Waals surface area contributed by atoms with Crippen LogP contribution in [0, 0.1) is 17.8 Å². The first kappa shape index (κ1) is 12.2. The van der Waals surface area contributed by atoms with Gasteiger partial charge in [-0.25, -0.2) is 0 Å². The van der Waals surface area contributed by atoms with Gasteiger partial charge in [0, 0.05) is 7.05 Å². The summed E-state index contributed by atoms with van der Waals surface area (Å²) in [5.41, 5.74) is 2.58. The second kappa shape index (κ2) is 4.65. The second-order valence-electron chi connectivity index (χ2n) is 6.06. The molecule has 1 aromatic rings. The van der Waals surface area contributed by atoms with E-state index in [1.54, 1.807) is 0 Å². The summed E-state index contributed by atoms with van der Waals surface area (Å²) in [4.78, 5) is 0. The number of hydrogen-bond acceptors (Lipinski definition) is 3. The van der Waals surface area contributed by atoms with E-state index >= 15 is 0 Å². The van der Waals surface area contributed by atoms with E-state index in [1.807, 2.05) is 11.7 Å². The Morgan fingerprint density at radius 3 is 2.72 bits per heavy atom. The Bertz CT molecular complexity index is 427. The monoisotopic (exact) mass is 249 g/mol. The lowest BCUT2D eigenvalue weighted by atomic mass is 10.0. The maximum Gasteiger partial charge on any atom is 0.0859 e. The highest BCUT2D eigenvalue weighted by atomic mass is 16.5. The highest BCUT2D eigenvalue weighted by molar-refractivity contribution is 5.14. The van der Waals surface area contributed by atoms with Crippen LogP contribution in [0.4, 0.5) is 0 Å². The number of rotatable bonds is 3. The average molecular weight is 249 g/mol. The third kappa shape index (κ3) is 2.18. The van der Waals surface area contributed by atoms with Gasteiger partial charge in [-0.1, -0.05) is 5.21 Å². The maximum atomic E-state index is 5.79. The first-order valence-electron chi connectivity index (χ1n) is 7.16. The summed E-state index contributed by atoms with van der Waals surface area (Å²) in [5.74, 6) is 2.56. The molecule has 3 atom stereocenters. The summed E-state index contributed by atoms with van der Waals surface area (Å²) in [6.07, 6.45) is 5.15. The Hall–Kier alpha value is -0.900. The zero-order valence-electron chi connectivity index (χ0n) is 11.6. The highest BCUT2D eigenvalue weighted by Crippen LogP contribution is 2.52. The molecule has 0 amide bonds. The van der Waals surface area contributed by atoms with E-state index in [2.05, 4.69) is 24.2 Å². The van der Waals surface area contributed by atoms with Crippen molar-refractivity contribution in [2.24, 2.45) is 24.8 Å². The SMILES string of the molecule is CC(C)OCC1C2CCc3nnn(C)c3CCC21. The first-order valence-corrected chi connectivity index (χ1v) is 7.16. The van der Waals surface area contributed by atoms with Crippen molar-refractivity contribution in [1.82, 2.24) is 15.0 Å². The zero-order valence-corrected chi connectivity index (χ0v) is 11.6. The number of aryl methyl sites for hydroxylation is 2. The maximum absolute atomic E-state index is 5.79. The average Bonchev–Trinajstić information content (AvgIpc) is 2.84. The van der Waals surface area contributed by atoms with Crippen molar-refractivity contribution in [1.29, 1.82) is 0 Å². The predicted molar refractivity (Wildman–Crippen MR) is 69.2 cm³/mol. The Morgan fingerprint density at radius 2 is 2.00 bits per heavy atom. The number of nitrogens with zero attached hydrogens (tertiary/aromatic N) is 3. The lowest BCUT2D eigenvalue weighted by Gasteiger charge is -2.07. The lowest BCUT2D eigenvalue weighted by molar-refractivity contribution is 0.0656. The molecule has 2 aliphatic carbocycles. The van der Waals surface area contributed by atoms with Crippen LogP contribution in [-0.2, 0) is 24.6 Å². The van der Waals surface area contributed by atoms with Crippen LogP contribution in [0.1, 0.15) is 38.1 Å². The van der Waals surface area contributed by atoms with E-state index in [-0.39, 0.29) is 0 Å². The van der Waals surface area contributed by atoms with Crippen molar-refractivity contribution < 1.29 is 4.74 Å². The molecule has 0 spiro atoms. The molecule has 2 aliphatic rings. The van der Waals surface area contributed by atoms with Crippen LogP contribution in [0.25, 0.3) is 0 Å². The van der Waals surface area contributed by atoms with Gasteiger partial charge in [-0.05, 0) is 57.3 Å². The smallest absolute Gasteiger partial charge is 0.0859 e. The summed E-state index contributed by atoms with van der Waals surface area (Å²) in [7, 11) is 2.01. The molecule has 0 aliphatic heterocycles. The van der Waals surface area contributed by atoms with Crippen molar-refractivity contribution in [2.75, 3.05) is 6.61 Å². The predicted octanol–water partition coefficient (Wildman–Crippen LogP) is 1.98. The fraction of sp³-hybridized carbons (Fsp3) is 0.857. The van der Waals surface area contributed by atoms with Gasteiger partial charge in [-0.2, -0.15) is 0 Å². The molecule has 0 radical (unpaired) electrons. The van der Waals surface area contributed by atoms with Gasteiger partial charge in [0.1, 0.15) is 0 Å². The molecular weight excluding hydrogens is 226 g/mol. The third-order valence-electron chi connectivity index (χ3n) is 4.58. The van der Waals surface area contributed by atoms with Crippen LogP contribution in [0.15, 0.2) is 0 Å². The molecule has 18 heavy (non-hydrogen) atoms. The van der Waals surface area contributed by atoms with Gasteiger partial charge in [-0.15, -0.1) is 5.10 Å². The van der Waals surface area contributed by atoms with Crippen LogP contribution in [0.2, 0.25) is 0 Å². The molecule has 0 bridgehead atoms. The molecular formula is C14H23N3O. The normalized spacial score (nSPS) is 30.6. The Balaban J connectivity index is 1.62. The van der Waals surface area contributed by atoms with E-state index in [0.29, 0.717) is 6.10 Å². The molecule has 1 fully saturated rings. The quantitative estimate of drug-likeness (QED) is 0.822. The molecule has 1 saturated carbocycles. The number of aromatic nitrogens is 3. The molecule has 1 heterocycles. The van der Waals surface area contributed by atoms with Gasteiger partial charge in [0.15, 0.2) is 0 Å². The van der Waals surface area contributed by atoms with Gasteiger partial charge in [0.25, 0.3) is 0 Å². The van der Waals surface area contributed by atoms with E-state index in [0.717, 1.165) is 37.2 Å². The van der Waals surface area contributed by atoms with E-state index in [1.165, 1.54) is 24.2 Å². The van der Waals surface area contributed by atoms with Gasteiger partial charge in [0.2, 0.25) is 0 Å². The topological polar surface area (TPSA) is 39.9 Å². The summed E-state index contributed by atoms with van der Waals surface area (Å²) < 4.78 is 7.74. The zero-order chi connectivity index (χ0) is 12.7.